The second-order valence-electron chi connectivity index (χ2n) is 5.06. The van der Waals surface area contributed by atoms with Crippen LogP contribution >= 0.6 is 0 Å². The zero-order valence-corrected chi connectivity index (χ0v) is 11.4. The van der Waals surface area contributed by atoms with Crippen molar-refractivity contribution < 1.29 is 4.42 Å². The first-order valence-corrected chi connectivity index (χ1v) is 6.45. The van der Waals surface area contributed by atoms with Gasteiger partial charge in [0.05, 0.1) is 5.39 Å². The second-order valence-corrected chi connectivity index (χ2v) is 5.06. The molecule has 0 unspecified atom stereocenters. The Morgan fingerprint density at radius 2 is 1.70 bits per heavy atom. The van der Waals surface area contributed by atoms with Crippen molar-refractivity contribution in [2.24, 2.45) is 0 Å². The first-order chi connectivity index (χ1) is 9.54. The molecule has 0 radical (unpaired) electrons. The monoisotopic (exact) mass is 265 g/mol. The van der Waals surface area contributed by atoms with Crippen molar-refractivity contribution in [1.29, 1.82) is 0 Å². The average molecular weight is 265 g/mol. The maximum Gasteiger partial charge on any atom is 0.193 e. The highest BCUT2D eigenvalue weighted by Crippen LogP contribution is 2.25. The molecule has 0 saturated heterocycles. The van der Waals surface area contributed by atoms with Crippen LogP contribution in [-0.2, 0) is 0 Å². The van der Waals surface area contributed by atoms with Crippen molar-refractivity contribution in [2.75, 3.05) is 5.73 Å². The van der Waals surface area contributed by atoms with Gasteiger partial charge in [0, 0.05) is 17.3 Å². The summed E-state index contributed by atoms with van der Waals surface area (Å²) in [5, 5.41) is 0.627. The Hall–Kier alpha value is -2.55. The van der Waals surface area contributed by atoms with Crippen LogP contribution in [0.2, 0.25) is 0 Å². The summed E-state index contributed by atoms with van der Waals surface area (Å²) in [4.78, 5) is 12.3. The number of nitrogens with two attached hydrogens (primary N) is 1. The van der Waals surface area contributed by atoms with Crippen LogP contribution in [0.4, 0.5) is 5.69 Å². The average Bonchev–Trinajstić information content (AvgIpc) is 2.40. The first kappa shape index (κ1) is 12.5. The summed E-state index contributed by atoms with van der Waals surface area (Å²) in [6, 6.07) is 12.7. The molecule has 0 fully saturated rings. The fourth-order valence-electron chi connectivity index (χ4n) is 2.40. The van der Waals surface area contributed by atoms with E-state index in [1.807, 2.05) is 38.1 Å². The molecule has 0 spiro atoms. The van der Waals surface area contributed by atoms with Crippen molar-refractivity contribution in [3.63, 3.8) is 0 Å². The molecule has 1 heterocycles. The fourth-order valence-corrected chi connectivity index (χ4v) is 2.40. The second kappa shape index (κ2) is 4.53. The van der Waals surface area contributed by atoms with Crippen LogP contribution in [0.15, 0.2) is 51.7 Å². The van der Waals surface area contributed by atoms with Crippen molar-refractivity contribution in [2.45, 2.75) is 13.8 Å². The number of hydrogen-bond donors (Lipinski definition) is 1. The summed E-state index contributed by atoms with van der Waals surface area (Å²) in [5.41, 5.74) is 9.85. The third-order valence-electron chi connectivity index (χ3n) is 3.35. The van der Waals surface area contributed by atoms with Crippen LogP contribution in [0.1, 0.15) is 11.1 Å². The summed E-state index contributed by atoms with van der Waals surface area (Å²) >= 11 is 0. The molecular formula is C17H15NO2. The molecular weight excluding hydrogens is 250 g/mol. The maximum atomic E-state index is 12.3. The minimum atomic E-state index is -0.0233. The number of fused-ring (bicyclic) bond motifs is 1. The largest absolute Gasteiger partial charge is 0.456 e. The van der Waals surface area contributed by atoms with Gasteiger partial charge in [0.15, 0.2) is 5.43 Å². The van der Waals surface area contributed by atoms with E-state index >= 15 is 0 Å². The molecule has 1 aromatic heterocycles. The topological polar surface area (TPSA) is 56.2 Å². The Morgan fingerprint density at radius 3 is 2.40 bits per heavy atom. The minimum absolute atomic E-state index is 0.0233. The number of nitrogen functional groups attached to an aromatic ring is 1. The standard InChI is InChI=1S/C17H15NO2/c1-10-7-11(2)17-14(8-10)15(19)9-16(20-17)12-3-5-13(18)6-4-12/h3-9H,18H2,1-2H3. The van der Waals surface area contributed by atoms with Crippen molar-refractivity contribution in [3.8, 4) is 11.3 Å². The van der Waals surface area contributed by atoms with Gasteiger partial charge < -0.3 is 10.2 Å². The molecule has 2 aromatic carbocycles. The molecule has 3 heteroatoms. The molecule has 2 N–H and O–H groups in total. The number of benzene rings is 2. The molecule has 3 rings (SSSR count). The third kappa shape index (κ3) is 2.07. The van der Waals surface area contributed by atoms with E-state index in [1.165, 1.54) is 6.07 Å². The lowest BCUT2D eigenvalue weighted by Crippen LogP contribution is -2.02. The zero-order chi connectivity index (χ0) is 14.3. The van der Waals surface area contributed by atoms with Gasteiger partial charge in [0.2, 0.25) is 0 Å². The van der Waals surface area contributed by atoms with E-state index in [2.05, 4.69) is 0 Å². The molecule has 100 valence electrons. The Labute approximate surface area is 116 Å². The number of aryl methyl sites for hydroxylation is 2. The lowest BCUT2D eigenvalue weighted by molar-refractivity contribution is 0.616. The van der Waals surface area contributed by atoms with Gasteiger partial charge in [-0.1, -0.05) is 6.07 Å². The SMILES string of the molecule is Cc1cc(C)c2oc(-c3ccc(N)cc3)cc(=O)c2c1. The summed E-state index contributed by atoms with van der Waals surface area (Å²) in [6.07, 6.45) is 0. The van der Waals surface area contributed by atoms with Crippen molar-refractivity contribution in [1.82, 2.24) is 0 Å². The van der Waals surface area contributed by atoms with Crippen LogP contribution in [0.5, 0.6) is 0 Å². The molecule has 0 saturated carbocycles. The predicted octanol–water partition coefficient (Wildman–Crippen LogP) is 3.66. The Morgan fingerprint density at radius 1 is 1.00 bits per heavy atom. The molecule has 0 amide bonds. The van der Waals surface area contributed by atoms with E-state index in [0.717, 1.165) is 16.7 Å². The Bertz CT molecular complexity index is 845. The van der Waals surface area contributed by atoms with E-state index in [9.17, 15) is 4.79 Å². The van der Waals surface area contributed by atoms with E-state index in [1.54, 1.807) is 12.1 Å². The van der Waals surface area contributed by atoms with E-state index in [4.69, 9.17) is 10.2 Å². The van der Waals surface area contributed by atoms with E-state index < -0.39 is 0 Å². The van der Waals surface area contributed by atoms with Gasteiger partial charge in [-0.25, -0.2) is 0 Å². The summed E-state index contributed by atoms with van der Waals surface area (Å²) in [5.74, 6) is 0.564. The molecule has 0 bridgehead atoms. The molecule has 0 aliphatic rings. The molecule has 3 aromatic rings. The first-order valence-electron chi connectivity index (χ1n) is 6.45. The van der Waals surface area contributed by atoms with Gasteiger partial charge in [-0.05, 0) is 55.3 Å². The highest BCUT2D eigenvalue weighted by atomic mass is 16.3. The molecule has 0 atom stereocenters. The quantitative estimate of drug-likeness (QED) is 0.683. The van der Waals surface area contributed by atoms with Crippen LogP contribution in [0, 0.1) is 13.8 Å². The highest BCUT2D eigenvalue weighted by molar-refractivity contribution is 5.82. The van der Waals surface area contributed by atoms with Crippen LogP contribution in [0.25, 0.3) is 22.3 Å². The Balaban J connectivity index is 2.29. The third-order valence-corrected chi connectivity index (χ3v) is 3.35. The normalized spacial score (nSPS) is 10.9. The molecule has 0 aliphatic carbocycles. The number of hydrogen-bond acceptors (Lipinski definition) is 3. The van der Waals surface area contributed by atoms with Crippen LogP contribution in [0.3, 0.4) is 0 Å². The van der Waals surface area contributed by atoms with Gasteiger partial charge in [-0.2, -0.15) is 0 Å². The summed E-state index contributed by atoms with van der Waals surface area (Å²) in [7, 11) is 0. The van der Waals surface area contributed by atoms with Crippen molar-refractivity contribution >= 4 is 16.7 Å². The van der Waals surface area contributed by atoms with Gasteiger partial charge in [0.25, 0.3) is 0 Å². The van der Waals surface area contributed by atoms with Gasteiger partial charge in [0.1, 0.15) is 11.3 Å². The smallest absolute Gasteiger partial charge is 0.193 e. The number of rotatable bonds is 1. The summed E-state index contributed by atoms with van der Waals surface area (Å²) in [6.45, 7) is 3.92. The highest BCUT2D eigenvalue weighted by Gasteiger charge is 2.09. The molecule has 0 aliphatic heterocycles. The zero-order valence-electron chi connectivity index (χ0n) is 11.4. The van der Waals surface area contributed by atoms with E-state index in [-0.39, 0.29) is 5.43 Å². The predicted molar refractivity (Wildman–Crippen MR) is 81.8 cm³/mol. The maximum absolute atomic E-state index is 12.3. The molecule has 3 nitrogen and oxygen atoms in total. The fraction of sp³-hybridized carbons (Fsp3) is 0.118. The van der Waals surface area contributed by atoms with Crippen molar-refractivity contribution in [3.05, 3.63) is 63.8 Å². The van der Waals surface area contributed by atoms with Gasteiger partial charge in [-0.15, -0.1) is 0 Å². The minimum Gasteiger partial charge on any atom is -0.456 e. The van der Waals surface area contributed by atoms with Crippen LogP contribution in [-0.4, -0.2) is 0 Å². The lowest BCUT2D eigenvalue weighted by atomic mass is 10.1. The van der Waals surface area contributed by atoms with Crippen LogP contribution < -0.4 is 11.2 Å². The van der Waals surface area contributed by atoms with E-state index in [0.29, 0.717) is 22.4 Å². The summed E-state index contributed by atoms with van der Waals surface area (Å²) < 4.78 is 5.91. The lowest BCUT2D eigenvalue weighted by Gasteiger charge is -2.06. The van der Waals surface area contributed by atoms with Gasteiger partial charge >= 0.3 is 0 Å². The van der Waals surface area contributed by atoms with Gasteiger partial charge in [-0.3, -0.25) is 4.79 Å². The Kier molecular flexibility index (Phi) is 2.83. The molecule has 20 heavy (non-hydrogen) atoms. The number of anilines is 1.